The summed E-state index contributed by atoms with van der Waals surface area (Å²) in [5.41, 5.74) is -0.499. The summed E-state index contributed by atoms with van der Waals surface area (Å²) in [7, 11) is 1.75. The van der Waals surface area contributed by atoms with Gasteiger partial charge in [0.15, 0.2) is 5.96 Å². The zero-order chi connectivity index (χ0) is 22.0. The molecule has 1 amide bonds. The average molecular weight is 413 g/mol. The number of nitrogens with zero attached hydrogens (tertiary/aromatic N) is 3. The number of ether oxygens (including phenoxy) is 2. The summed E-state index contributed by atoms with van der Waals surface area (Å²) in [6.07, 6.45) is 1.24. The second kappa shape index (κ2) is 11.9. The van der Waals surface area contributed by atoms with Crippen LogP contribution >= 0.6 is 0 Å². The van der Waals surface area contributed by atoms with Gasteiger partial charge in [0.1, 0.15) is 5.60 Å². The Morgan fingerprint density at radius 3 is 2.38 bits per heavy atom. The van der Waals surface area contributed by atoms with Crippen LogP contribution in [0.1, 0.15) is 54.4 Å². The van der Waals surface area contributed by atoms with Crippen molar-refractivity contribution < 1.29 is 19.1 Å². The van der Waals surface area contributed by atoms with E-state index in [-0.39, 0.29) is 23.9 Å². The Hall–Kier alpha value is -1.99. The SMILES string of the molecule is CCNC(=NCC(C)CN(C)C(=O)OC(C)(C)C)N1CCC(C(=O)OCC)CC1. The number of rotatable bonds is 7. The van der Waals surface area contributed by atoms with Crippen molar-refractivity contribution in [2.75, 3.05) is 46.4 Å². The van der Waals surface area contributed by atoms with Crippen molar-refractivity contribution in [2.24, 2.45) is 16.8 Å². The van der Waals surface area contributed by atoms with Crippen LogP contribution in [0.3, 0.4) is 0 Å². The molecule has 1 rings (SSSR count). The molecule has 8 heteroatoms. The maximum atomic E-state index is 12.1. The minimum atomic E-state index is -0.499. The van der Waals surface area contributed by atoms with E-state index >= 15 is 0 Å². The molecule has 0 saturated carbocycles. The predicted octanol–water partition coefficient (Wildman–Crippen LogP) is 2.73. The number of esters is 1. The lowest BCUT2D eigenvalue weighted by Gasteiger charge is -2.33. The van der Waals surface area contributed by atoms with E-state index in [4.69, 9.17) is 14.5 Å². The van der Waals surface area contributed by atoms with Crippen LogP contribution in [0.4, 0.5) is 4.79 Å². The van der Waals surface area contributed by atoms with Gasteiger partial charge in [0.05, 0.1) is 12.5 Å². The molecule has 1 N–H and O–H groups in total. The molecule has 1 fully saturated rings. The summed E-state index contributed by atoms with van der Waals surface area (Å²) in [5.74, 6) is 0.947. The summed E-state index contributed by atoms with van der Waals surface area (Å²) in [5, 5.41) is 3.34. The highest BCUT2D eigenvalue weighted by Crippen LogP contribution is 2.19. The summed E-state index contributed by atoms with van der Waals surface area (Å²) in [4.78, 5) is 32.6. The lowest BCUT2D eigenvalue weighted by atomic mass is 9.97. The topological polar surface area (TPSA) is 83.5 Å². The van der Waals surface area contributed by atoms with E-state index in [1.54, 1.807) is 11.9 Å². The van der Waals surface area contributed by atoms with E-state index in [2.05, 4.69) is 17.1 Å². The molecular weight excluding hydrogens is 372 g/mol. The van der Waals surface area contributed by atoms with E-state index in [1.165, 1.54) is 0 Å². The number of aliphatic imine (C=N–C) groups is 1. The predicted molar refractivity (Wildman–Crippen MR) is 115 cm³/mol. The number of hydrogen-bond donors (Lipinski definition) is 1. The maximum absolute atomic E-state index is 12.1. The Balaban J connectivity index is 2.57. The molecule has 1 saturated heterocycles. The summed E-state index contributed by atoms with van der Waals surface area (Å²) < 4.78 is 10.5. The first-order valence-electron chi connectivity index (χ1n) is 10.7. The highest BCUT2D eigenvalue weighted by molar-refractivity contribution is 5.80. The Morgan fingerprint density at radius 2 is 1.86 bits per heavy atom. The van der Waals surface area contributed by atoms with E-state index in [9.17, 15) is 9.59 Å². The van der Waals surface area contributed by atoms with Crippen molar-refractivity contribution in [3.8, 4) is 0 Å². The van der Waals surface area contributed by atoms with Gasteiger partial charge in [-0.1, -0.05) is 6.92 Å². The smallest absolute Gasteiger partial charge is 0.410 e. The molecule has 29 heavy (non-hydrogen) atoms. The number of amides is 1. The first-order chi connectivity index (χ1) is 13.6. The molecule has 1 aliphatic heterocycles. The van der Waals surface area contributed by atoms with Gasteiger partial charge in [-0.15, -0.1) is 0 Å². The fourth-order valence-electron chi connectivity index (χ4n) is 3.19. The quantitative estimate of drug-likeness (QED) is 0.393. The molecule has 0 radical (unpaired) electrons. The molecule has 0 aliphatic carbocycles. The van der Waals surface area contributed by atoms with Gasteiger partial charge in [-0.3, -0.25) is 9.79 Å². The summed E-state index contributed by atoms with van der Waals surface area (Å²) >= 11 is 0. The third-order valence-corrected chi connectivity index (χ3v) is 4.59. The van der Waals surface area contributed by atoms with Crippen molar-refractivity contribution in [1.82, 2.24) is 15.1 Å². The van der Waals surface area contributed by atoms with Gasteiger partial charge in [-0.2, -0.15) is 0 Å². The number of guanidine groups is 1. The van der Waals surface area contributed by atoms with Crippen molar-refractivity contribution in [2.45, 2.75) is 60.0 Å². The Morgan fingerprint density at radius 1 is 1.24 bits per heavy atom. The highest BCUT2D eigenvalue weighted by atomic mass is 16.6. The fraction of sp³-hybridized carbons (Fsp3) is 0.857. The number of carbonyl (C=O) groups excluding carboxylic acids is 2. The van der Waals surface area contributed by atoms with Crippen LogP contribution in [-0.4, -0.2) is 79.8 Å². The number of hydrogen-bond acceptors (Lipinski definition) is 5. The van der Waals surface area contributed by atoms with E-state index in [0.29, 0.717) is 19.7 Å². The van der Waals surface area contributed by atoms with Gasteiger partial charge >= 0.3 is 12.1 Å². The van der Waals surface area contributed by atoms with E-state index in [0.717, 1.165) is 38.4 Å². The van der Waals surface area contributed by atoms with E-state index in [1.807, 2.05) is 34.6 Å². The molecule has 1 unspecified atom stereocenters. The molecule has 0 aromatic carbocycles. The second-order valence-corrected chi connectivity index (χ2v) is 8.67. The average Bonchev–Trinajstić information content (AvgIpc) is 2.64. The molecule has 168 valence electrons. The van der Waals surface area contributed by atoms with Crippen molar-refractivity contribution in [1.29, 1.82) is 0 Å². The van der Waals surface area contributed by atoms with Crippen molar-refractivity contribution >= 4 is 18.0 Å². The normalized spacial score (nSPS) is 16.9. The van der Waals surface area contributed by atoms with Crippen molar-refractivity contribution in [3.63, 3.8) is 0 Å². The van der Waals surface area contributed by atoms with Gasteiger partial charge in [-0.05, 0) is 53.4 Å². The number of likely N-dealkylation sites (tertiary alicyclic amines) is 1. The standard InChI is InChI=1S/C21H40N4O4/c1-8-22-19(25-12-10-17(11-13-25)18(26)28-9-2)23-14-16(3)15-24(7)20(27)29-21(4,5)6/h16-17H,8-15H2,1-7H3,(H,22,23). The van der Waals surface area contributed by atoms with Crippen LogP contribution in [-0.2, 0) is 14.3 Å². The Kier molecular flexibility index (Phi) is 10.3. The molecule has 1 heterocycles. The van der Waals surface area contributed by atoms with Crippen LogP contribution in [0.25, 0.3) is 0 Å². The molecule has 1 atom stereocenters. The maximum Gasteiger partial charge on any atom is 0.410 e. The monoisotopic (exact) mass is 412 g/mol. The van der Waals surface area contributed by atoms with Crippen LogP contribution < -0.4 is 5.32 Å². The first kappa shape index (κ1) is 25.0. The lowest BCUT2D eigenvalue weighted by Crippen LogP contribution is -2.47. The van der Waals surface area contributed by atoms with Crippen molar-refractivity contribution in [3.05, 3.63) is 0 Å². The van der Waals surface area contributed by atoms with Gasteiger partial charge in [0.2, 0.25) is 0 Å². The van der Waals surface area contributed by atoms with Gasteiger partial charge in [-0.25, -0.2) is 4.79 Å². The van der Waals surface area contributed by atoms with Crippen LogP contribution in [0.15, 0.2) is 4.99 Å². The lowest BCUT2D eigenvalue weighted by molar-refractivity contribution is -0.149. The second-order valence-electron chi connectivity index (χ2n) is 8.67. The highest BCUT2D eigenvalue weighted by Gasteiger charge is 2.27. The zero-order valence-electron chi connectivity index (χ0n) is 19.3. The molecule has 8 nitrogen and oxygen atoms in total. The third kappa shape index (κ3) is 9.37. The van der Waals surface area contributed by atoms with Crippen LogP contribution in [0.2, 0.25) is 0 Å². The first-order valence-corrected chi connectivity index (χ1v) is 10.7. The Bertz CT molecular complexity index is 551. The molecular formula is C21H40N4O4. The molecule has 0 aromatic heterocycles. The number of carbonyl (C=O) groups is 2. The molecule has 1 aliphatic rings. The van der Waals surface area contributed by atoms with Gasteiger partial charge in [0.25, 0.3) is 0 Å². The molecule has 0 spiro atoms. The largest absolute Gasteiger partial charge is 0.466 e. The van der Waals surface area contributed by atoms with Gasteiger partial charge in [0, 0.05) is 39.8 Å². The molecule has 0 aromatic rings. The third-order valence-electron chi connectivity index (χ3n) is 4.59. The zero-order valence-corrected chi connectivity index (χ0v) is 19.3. The summed E-state index contributed by atoms with van der Waals surface area (Å²) in [6.45, 7) is 15.5. The number of nitrogens with one attached hydrogen (secondary N) is 1. The Labute approximate surface area is 176 Å². The van der Waals surface area contributed by atoms with Crippen LogP contribution in [0.5, 0.6) is 0 Å². The van der Waals surface area contributed by atoms with E-state index < -0.39 is 5.60 Å². The molecule has 0 bridgehead atoms. The minimum absolute atomic E-state index is 0.0181. The fourth-order valence-corrected chi connectivity index (χ4v) is 3.19. The van der Waals surface area contributed by atoms with Gasteiger partial charge < -0.3 is 24.6 Å². The summed E-state index contributed by atoms with van der Waals surface area (Å²) in [6, 6.07) is 0. The minimum Gasteiger partial charge on any atom is -0.466 e. The van der Waals surface area contributed by atoms with Crippen LogP contribution in [0, 0.1) is 11.8 Å². The number of piperidine rings is 1.